The molecule has 0 aliphatic rings. The average molecular weight is 360 g/mol. The van der Waals surface area contributed by atoms with Gasteiger partial charge in [-0.25, -0.2) is 13.4 Å². The second-order valence-corrected chi connectivity index (χ2v) is 6.41. The maximum absolute atomic E-state index is 12.2. The number of nitrogens with zero attached hydrogens (tertiary/aromatic N) is 1. The molecule has 7 nitrogen and oxygen atoms in total. The number of benzene rings is 1. The molecule has 2 rings (SSSR count). The number of nitrogen functional groups attached to an aromatic ring is 1. The quantitative estimate of drug-likeness (QED) is 0.487. The topological polar surface area (TPSA) is 126 Å². The van der Waals surface area contributed by atoms with Crippen LogP contribution >= 0.6 is 15.9 Å². The van der Waals surface area contributed by atoms with Gasteiger partial charge in [0.1, 0.15) is 10.7 Å². The van der Waals surface area contributed by atoms with Gasteiger partial charge in [-0.05, 0) is 34.1 Å². The van der Waals surface area contributed by atoms with Crippen LogP contribution in [-0.2, 0) is 10.0 Å². The maximum Gasteiger partial charge on any atom is 0.265 e. The number of halogens is 1. The van der Waals surface area contributed by atoms with Gasteiger partial charge in [-0.15, -0.1) is 0 Å². The summed E-state index contributed by atoms with van der Waals surface area (Å²) in [5, 5.41) is 18.5. The van der Waals surface area contributed by atoms with E-state index in [1.165, 1.54) is 18.3 Å². The number of pyridine rings is 1. The minimum Gasteiger partial charge on any atom is -0.504 e. The summed E-state index contributed by atoms with van der Waals surface area (Å²) in [5.74, 6) is -0.939. The zero-order chi connectivity index (χ0) is 14.9. The largest absolute Gasteiger partial charge is 0.504 e. The molecule has 0 saturated heterocycles. The molecule has 0 radical (unpaired) electrons. The highest BCUT2D eigenvalue weighted by molar-refractivity contribution is 9.10. The number of anilines is 2. The number of nitrogens with two attached hydrogens (primary N) is 1. The molecule has 106 valence electrons. The summed E-state index contributed by atoms with van der Waals surface area (Å²) in [7, 11) is -3.96. The van der Waals surface area contributed by atoms with Gasteiger partial charge in [0.05, 0.1) is 5.69 Å². The zero-order valence-corrected chi connectivity index (χ0v) is 12.3. The Bertz CT molecular complexity index is 764. The lowest BCUT2D eigenvalue weighted by Crippen LogP contribution is -2.15. The van der Waals surface area contributed by atoms with E-state index in [0.717, 1.165) is 12.1 Å². The van der Waals surface area contributed by atoms with Crippen molar-refractivity contribution in [2.45, 2.75) is 4.90 Å². The SMILES string of the molecule is Nc1ncc(Br)cc1S(=O)(=O)Nc1ccc(O)c(O)c1. The number of sulfonamides is 1. The normalized spacial score (nSPS) is 11.2. The summed E-state index contributed by atoms with van der Waals surface area (Å²) in [6.07, 6.45) is 1.38. The lowest BCUT2D eigenvalue weighted by Gasteiger charge is -2.10. The molecule has 5 N–H and O–H groups in total. The molecule has 0 spiro atoms. The lowest BCUT2D eigenvalue weighted by molar-refractivity contribution is 0.404. The molecule has 9 heteroatoms. The molecule has 2 aromatic rings. The van der Waals surface area contributed by atoms with Crippen molar-refractivity contribution >= 4 is 37.5 Å². The van der Waals surface area contributed by atoms with Crippen molar-refractivity contribution in [3.05, 3.63) is 34.9 Å². The summed E-state index contributed by atoms with van der Waals surface area (Å²) in [6, 6.07) is 4.85. The first-order valence-corrected chi connectivity index (χ1v) is 7.53. The van der Waals surface area contributed by atoms with Crippen LogP contribution in [0.5, 0.6) is 11.5 Å². The van der Waals surface area contributed by atoms with Crippen LogP contribution < -0.4 is 10.5 Å². The first kappa shape index (κ1) is 14.4. The Morgan fingerprint density at radius 1 is 1.20 bits per heavy atom. The van der Waals surface area contributed by atoms with E-state index in [2.05, 4.69) is 25.6 Å². The molecule has 20 heavy (non-hydrogen) atoms. The van der Waals surface area contributed by atoms with E-state index in [-0.39, 0.29) is 22.2 Å². The minimum absolute atomic E-state index is 0.0830. The van der Waals surface area contributed by atoms with Crippen LogP contribution in [0.4, 0.5) is 11.5 Å². The molecule has 0 aliphatic heterocycles. The molecule has 1 heterocycles. The van der Waals surface area contributed by atoms with Crippen LogP contribution in [0.3, 0.4) is 0 Å². The van der Waals surface area contributed by atoms with Crippen LogP contribution in [0.15, 0.2) is 39.8 Å². The van der Waals surface area contributed by atoms with Crippen molar-refractivity contribution in [3.8, 4) is 11.5 Å². The number of phenols is 2. The predicted octanol–water partition coefficient (Wildman–Crippen LogP) is 1.64. The van der Waals surface area contributed by atoms with E-state index in [1.807, 2.05) is 0 Å². The smallest absolute Gasteiger partial charge is 0.265 e. The fraction of sp³-hybridized carbons (Fsp3) is 0. The maximum atomic E-state index is 12.2. The van der Waals surface area contributed by atoms with Gasteiger partial charge in [0.2, 0.25) is 0 Å². The first-order valence-electron chi connectivity index (χ1n) is 5.25. The van der Waals surface area contributed by atoms with Crippen molar-refractivity contribution < 1.29 is 18.6 Å². The number of hydrogen-bond acceptors (Lipinski definition) is 6. The number of hydrogen-bond donors (Lipinski definition) is 4. The molecule has 0 saturated carbocycles. The van der Waals surface area contributed by atoms with Crippen molar-refractivity contribution in [2.75, 3.05) is 10.5 Å². The van der Waals surface area contributed by atoms with Crippen molar-refractivity contribution in [2.24, 2.45) is 0 Å². The van der Waals surface area contributed by atoms with Gasteiger partial charge in [-0.2, -0.15) is 0 Å². The van der Waals surface area contributed by atoms with Crippen LogP contribution in [0.2, 0.25) is 0 Å². The second-order valence-electron chi connectivity index (χ2n) is 3.85. The Labute approximate surface area is 123 Å². The van der Waals surface area contributed by atoms with E-state index in [1.54, 1.807) is 0 Å². The van der Waals surface area contributed by atoms with Gasteiger partial charge in [-0.3, -0.25) is 4.72 Å². The Balaban J connectivity index is 2.40. The van der Waals surface area contributed by atoms with Crippen LogP contribution in [0.25, 0.3) is 0 Å². The van der Waals surface area contributed by atoms with Gasteiger partial charge in [-0.1, -0.05) is 0 Å². The molecule has 0 amide bonds. The first-order chi connectivity index (χ1) is 9.29. The number of aromatic nitrogens is 1. The molecule has 0 unspecified atom stereocenters. The van der Waals surface area contributed by atoms with Crippen molar-refractivity contribution in [1.29, 1.82) is 0 Å². The molecule has 0 fully saturated rings. The Morgan fingerprint density at radius 2 is 1.90 bits per heavy atom. The summed E-state index contributed by atoms with van der Waals surface area (Å²) in [5.41, 5.74) is 5.63. The van der Waals surface area contributed by atoms with Gasteiger partial charge >= 0.3 is 0 Å². The van der Waals surface area contributed by atoms with Gasteiger partial charge in [0, 0.05) is 16.7 Å². The molecule has 0 aliphatic carbocycles. The Hall–Kier alpha value is -2.00. The fourth-order valence-electron chi connectivity index (χ4n) is 1.44. The van der Waals surface area contributed by atoms with E-state index >= 15 is 0 Å². The highest BCUT2D eigenvalue weighted by Crippen LogP contribution is 2.29. The number of phenolic OH excluding ortho intramolecular Hbond substituents is 2. The fourth-order valence-corrected chi connectivity index (χ4v) is 3.08. The second kappa shape index (κ2) is 5.17. The Morgan fingerprint density at radius 3 is 2.55 bits per heavy atom. The third kappa shape index (κ3) is 2.94. The van der Waals surface area contributed by atoms with Gasteiger partial charge in [0.25, 0.3) is 10.0 Å². The molecule has 1 aromatic carbocycles. The van der Waals surface area contributed by atoms with Gasteiger partial charge < -0.3 is 15.9 Å². The summed E-state index contributed by atoms with van der Waals surface area (Å²) in [6.45, 7) is 0. The average Bonchev–Trinajstić information content (AvgIpc) is 2.36. The van der Waals surface area contributed by atoms with Gasteiger partial charge in [0.15, 0.2) is 11.5 Å². The highest BCUT2D eigenvalue weighted by Gasteiger charge is 2.19. The van der Waals surface area contributed by atoms with Crippen LogP contribution in [0.1, 0.15) is 0 Å². The van der Waals surface area contributed by atoms with Crippen molar-refractivity contribution in [3.63, 3.8) is 0 Å². The van der Waals surface area contributed by atoms with E-state index in [0.29, 0.717) is 4.47 Å². The van der Waals surface area contributed by atoms with E-state index in [9.17, 15) is 18.6 Å². The molecule has 0 bridgehead atoms. The molecule has 0 atom stereocenters. The number of nitrogens with one attached hydrogen (secondary N) is 1. The van der Waals surface area contributed by atoms with Crippen LogP contribution in [0, 0.1) is 0 Å². The summed E-state index contributed by atoms with van der Waals surface area (Å²) < 4.78 is 27.0. The number of aromatic hydroxyl groups is 2. The molecule has 1 aromatic heterocycles. The van der Waals surface area contributed by atoms with Crippen molar-refractivity contribution in [1.82, 2.24) is 4.98 Å². The minimum atomic E-state index is -3.96. The summed E-state index contributed by atoms with van der Waals surface area (Å²) >= 11 is 3.11. The Kier molecular flexibility index (Phi) is 3.73. The monoisotopic (exact) mass is 359 g/mol. The number of rotatable bonds is 3. The van der Waals surface area contributed by atoms with E-state index in [4.69, 9.17) is 5.73 Å². The highest BCUT2D eigenvalue weighted by atomic mass is 79.9. The molecular weight excluding hydrogens is 350 g/mol. The predicted molar refractivity (Wildman–Crippen MR) is 76.9 cm³/mol. The third-order valence-corrected chi connectivity index (χ3v) is 4.21. The molecular formula is C11H10BrN3O4S. The zero-order valence-electron chi connectivity index (χ0n) is 9.91. The van der Waals surface area contributed by atoms with Crippen LogP contribution in [-0.4, -0.2) is 23.6 Å². The standard InChI is InChI=1S/C11H10BrN3O4S/c12-6-3-10(11(13)14-5-6)20(18,19)15-7-1-2-8(16)9(17)4-7/h1-5,15-17H,(H2,13,14). The lowest BCUT2D eigenvalue weighted by atomic mass is 10.3. The summed E-state index contributed by atoms with van der Waals surface area (Å²) in [4.78, 5) is 3.55. The van der Waals surface area contributed by atoms with E-state index < -0.39 is 15.8 Å². The third-order valence-electron chi connectivity index (χ3n) is 2.37.